The third kappa shape index (κ3) is 3.59. The minimum absolute atomic E-state index is 0.396. The van der Waals surface area contributed by atoms with Crippen LogP contribution in [0.2, 0.25) is 51.4 Å². The molecule has 3 aliphatic rings. The monoisotopic (exact) mass is 504 g/mol. The van der Waals surface area contributed by atoms with E-state index in [0.29, 0.717) is 3.12 Å². The van der Waals surface area contributed by atoms with E-state index >= 15 is 0 Å². The van der Waals surface area contributed by atoms with Crippen molar-refractivity contribution in [3.63, 3.8) is 0 Å². The van der Waals surface area contributed by atoms with Crippen LogP contribution < -0.4 is 0 Å². The van der Waals surface area contributed by atoms with E-state index in [9.17, 15) is 0 Å². The zero-order chi connectivity index (χ0) is 21.3. The van der Waals surface area contributed by atoms with E-state index in [4.69, 9.17) is 0 Å². The van der Waals surface area contributed by atoms with Crippen molar-refractivity contribution in [3.8, 4) is 0 Å². The minimum atomic E-state index is -1.17. The van der Waals surface area contributed by atoms with Gasteiger partial charge in [0, 0.05) is 0 Å². The molecule has 0 bridgehead atoms. The van der Waals surface area contributed by atoms with Crippen LogP contribution in [0.4, 0.5) is 0 Å². The Morgan fingerprint density at radius 2 is 1.47 bits per heavy atom. The summed E-state index contributed by atoms with van der Waals surface area (Å²) in [6.45, 7) is 15.2. The van der Waals surface area contributed by atoms with E-state index in [2.05, 4.69) is 93.9 Å². The zero-order valence-corrected chi connectivity index (χ0v) is 23.9. The number of hydrogen-bond acceptors (Lipinski definition) is 0. The van der Waals surface area contributed by atoms with Crippen molar-refractivity contribution in [2.75, 3.05) is 0 Å². The molecule has 0 saturated carbocycles. The summed E-state index contributed by atoms with van der Waals surface area (Å²) in [6, 6.07) is 21.6. The molecule has 5 rings (SSSR count). The molecule has 0 N–H and O–H groups in total. The standard InChI is InChI=1S/C27H34Si2.Zr/c1-28(2,3)18-23-17-21(25-13-9-10-14-26(23)25)16-22-15-20-11-7-8-12-24(20)27(22)19-29(4,5)6;/h7-15,17H,16,18-19H2,1-6H3;. The number of allylic oxidation sites excluding steroid dienone is 4. The summed E-state index contributed by atoms with van der Waals surface area (Å²) in [4.78, 5) is 0. The normalized spacial score (nSPS) is 24.6. The predicted molar refractivity (Wildman–Crippen MR) is 133 cm³/mol. The maximum absolute atomic E-state index is 2.81. The van der Waals surface area contributed by atoms with Gasteiger partial charge in [-0.25, -0.2) is 0 Å². The van der Waals surface area contributed by atoms with Gasteiger partial charge < -0.3 is 0 Å². The molecule has 1 aliphatic heterocycles. The van der Waals surface area contributed by atoms with Crippen molar-refractivity contribution in [1.29, 1.82) is 0 Å². The molecule has 2 aromatic rings. The first-order valence-corrected chi connectivity index (χ1v) is 21.5. The van der Waals surface area contributed by atoms with Crippen molar-refractivity contribution in [1.82, 2.24) is 0 Å². The summed E-state index contributed by atoms with van der Waals surface area (Å²) in [5.41, 5.74) is 11.9. The Balaban J connectivity index is 1.63. The third-order valence-electron chi connectivity index (χ3n) is 6.81. The molecule has 0 amide bonds. The van der Waals surface area contributed by atoms with Crippen molar-refractivity contribution in [2.45, 2.75) is 64.5 Å². The van der Waals surface area contributed by atoms with Gasteiger partial charge in [-0.2, -0.15) is 0 Å². The fraction of sp³-hybridized carbons (Fsp3) is 0.407. The maximum atomic E-state index is 2.81. The second kappa shape index (κ2) is 7.12. The molecule has 1 spiro atoms. The third-order valence-corrected chi connectivity index (χ3v) is 14.7. The molecular weight excluding hydrogens is 472 g/mol. The molecule has 0 radical (unpaired) electrons. The van der Waals surface area contributed by atoms with Crippen molar-refractivity contribution in [2.24, 2.45) is 0 Å². The van der Waals surface area contributed by atoms with Gasteiger partial charge >= 0.3 is 198 Å². The number of hydrogen-bond donors (Lipinski definition) is 0. The first-order valence-electron chi connectivity index (χ1n) is 11.5. The van der Waals surface area contributed by atoms with Crippen LogP contribution in [-0.2, 0) is 26.4 Å². The van der Waals surface area contributed by atoms with E-state index in [1.54, 1.807) is 33.4 Å². The van der Waals surface area contributed by atoms with Crippen LogP contribution in [0.25, 0.3) is 11.1 Å². The fourth-order valence-corrected chi connectivity index (χ4v) is 14.4. The van der Waals surface area contributed by atoms with Crippen LogP contribution in [0.3, 0.4) is 0 Å². The Bertz CT molecular complexity index is 1080. The Hall–Kier alpha value is -0.763. The second-order valence-electron chi connectivity index (χ2n) is 12.0. The Morgan fingerprint density at radius 1 is 0.833 bits per heavy atom. The van der Waals surface area contributed by atoms with Crippen molar-refractivity contribution in [3.05, 3.63) is 82.4 Å². The molecule has 2 atom stereocenters. The molecule has 2 aromatic carbocycles. The van der Waals surface area contributed by atoms with Gasteiger partial charge in [-0.1, -0.05) is 0 Å². The van der Waals surface area contributed by atoms with Crippen LogP contribution in [0, 0.1) is 0 Å². The molecule has 0 aromatic heterocycles. The van der Waals surface area contributed by atoms with Crippen molar-refractivity contribution < 1.29 is 23.2 Å². The fourth-order valence-electron chi connectivity index (χ4n) is 5.87. The Kier molecular flexibility index (Phi) is 5.01. The predicted octanol–water partition coefficient (Wildman–Crippen LogP) is 7.95. The molecule has 1 heterocycles. The first kappa shape index (κ1) is 21.1. The zero-order valence-electron chi connectivity index (χ0n) is 19.4. The quantitative estimate of drug-likeness (QED) is 0.370. The second-order valence-corrected chi connectivity index (χ2v) is 27.3. The van der Waals surface area contributed by atoms with E-state index in [1.807, 2.05) is 5.57 Å². The van der Waals surface area contributed by atoms with Crippen LogP contribution in [0.15, 0.2) is 60.2 Å². The molecule has 1 fully saturated rings. The molecule has 1 saturated heterocycles. The van der Waals surface area contributed by atoms with Crippen molar-refractivity contribution >= 4 is 27.3 Å². The molecule has 2 aliphatic carbocycles. The molecule has 154 valence electrons. The SMILES string of the molecule is C[Si](C)(C)CC1=C[C]2(CC3=C(C[Si](C)(C)C)c4ccccc4[CH]3[Zr]2)c2ccccc21. The van der Waals surface area contributed by atoms with Gasteiger partial charge in [-0.05, 0) is 0 Å². The molecular formula is C27H34Si2Zr. The van der Waals surface area contributed by atoms with Gasteiger partial charge in [0.2, 0.25) is 0 Å². The van der Waals surface area contributed by atoms with Crippen LogP contribution in [0.5, 0.6) is 0 Å². The van der Waals surface area contributed by atoms with Crippen LogP contribution >= 0.6 is 0 Å². The van der Waals surface area contributed by atoms with E-state index in [0.717, 1.165) is 3.63 Å². The van der Waals surface area contributed by atoms with Gasteiger partial charge in [0.1, 0.15) is 0 Å². The summed E-state index contributed by atoms with van der Waals surface area (Å²) in [5.74, 6) is 0. The van der Waals surface area contributed by atoms with E-state index in [1.165, 1.54) is 18.5 Å². The summed E-state index contributed by atoms with van der Waals surface area (Å²) in [7, 11) is -2.31. The molecule has 0 nitrogen and oxygen atoms in total. The number of rotatable bonds is 4. The van der Waals surface area contributed by atoms with E-state index in [-0.39, 0.29) is 0 Å². The topological polar surface area (TPSA) is 0 Å². The molecule has 30 heavy (non-hydrogen) atoms. The Morgan fingerprint density at radius 3 is 2.17 bits per heavy atom. The van der Waals surface area contributed by atoms with Gasteiger partial charge in [-0.3, -0.25) is 0 Å². The summed E-state index contributed by atoms with van der Waals surface area (Å²) in [5, 5.41) is 0. The first-order chi connectivity index (χ1) is 14.1. The average molecular weight is 506 g/mol. The number of benzene rings is 2. The van der Waals surface area contributed by atoms with Gasteiger partial charge in [0.05, 0.1) is 0 Å². The van der Waals surface area contributed by atoms with Crippen LogP contribution in [-0.4, -0.2) is 16.1 Å². The van der Waals surface area contributed by atoms with E-state index < -0.39 is 39.4 Å². The number of fused-ring (bicyclic) bond motifs is 5. The van der Waals surface area contributed by atoms with Gasteiger partial charge in [-0.15, -0.1) is 0 Å². The summed E-state index contributed by atoms with van der Waals surface area (Å²) >= 11 is -0.710. The molecule has 3 heteroatoms. The van der Waals surface area contributed by atoms with Crippen LogP contribution in [0.1, 0.15) is 32.3 Å². The average Bonchev–Trinajstić information content (AvgIpc) is 3.25. The van der Waals surface area contributed by atoms with Gasteiger partial charge in [0.25, 0.3) is 0 Å². The molecule has 2 unspecified atom stereocenters. The Labute approximate surface area is 196 Å². The van der Waals surface area contributed by atoms with Gasteiger partial charge in [0.15, 0.2) is 0 Å². The summed E-state index contributed by atoms with van der Waals surface area (Å²) in [6.07, 6.45) is 4.12. The summed E-state index contributed by atoms with van der Waals surface area (Å²) < 4.78 is 1.19.